The van der Waals surface area contributed by atoms with Crippen LogP contribution >= 0.6 is 0 Å². The molecule has 0 aliphatic heterocycles. The van der Waals surface area contributed by atoms with E-state index in [-0.39, 0.29) is 5.92 Å². The van der Waals surface area contributed by atoms with Crippen molar-refractivity contribution in [3.05, 3.63) is 29.8 Å². The van der Waals surface area contributed by atoms with Crippen molar-refractivity contribution in [1.29, 1.82) is 0 Å². The molecule has 1 aliphatic carbocycles. The van der Waals surface area contributed by atoms with Crippen molar-refractivity contribution in [2.24, 2.45) is 5.92 Å². The smallest absolute Gasteiger partial charge is 0.329 e. The van der Waals surface area contributed by atoms with E-state index >= 15 is 0 Å². The van der Waals surface area contributed by atoms with Crippen LogP contribution < -0.4 is 10.1 Å². The number of nitrogens with one attached hydrogen (secondary N) is 1. The number of carbonyl (C=O) groups excluding carboxylic acids is 1. The van der Waals surface area contributed by atoms with Gasteiger partial charge in [0, 0.05) is 0 Å². The number of carbonyl (C=O) groups is 2. The number of aliphatic carboxylic acids is 1. The normalized spacial score (nSPS) is 18.4. The summed E-state index contributed by atoms with van der Waals surface area (Å²) in [5.41, 5.74) is -0.103. The third-order valence-electron chi connectivity index (χ3n) is 3.92. The fourth-order valence-corrected chi connectivity index (χ4v) is 2.22. The highest BCUT2D eigenvalue weighted by atomic mass is 16.5. The third kappa shape index (κ3) is 3.54. The van der Waals surface area contributed by atoms with Gasteiger partial charge in [-0.3, -0.25) is 4.79 Å². The Bertz CT molecular complexity index is 536. The van der Waals surface area contributed by atoms with Crippen LogP contribution in [0.2, 0.25) is 0 Å². The Kier molecular flexibility index (Phi) is 4.21. The number of ether oxygens (including phenoxy) is 1. The van der Waals surface area contributed by atoms with Crippen molar-refractivity contribution < 1.29 is 19.4 Å². The SMILES string of the molecule is Cc1ccc(OC(C)C(=O)NC(C)(C(=O)O)C2CC2)cc1. The molecule has 0 aromatic heterocycles. The molecule has 0 saturated heterocycles. The van der Waals surface area contributed by atoms with Crippen molar-refractivity contribution in [2.45, 2.75) is 45.3 Å². The number of carboxylic acid groups (broad SMARTS) is 1. The Morgan fingerprint density at radius 3 is 2.38 bits per heavy atom. The molecular formula is C16H21NO4. The monoisotopic (exact) mass is 291 g/mol. The molecule has 1 aromatic rings. The minimum absolute atomic E-state index is 0.00512. The summed E-state index contributed by atoms with van der Waals surface area (Å²) in [5.74, 6) is -0.814. The van der Waals surface area contributed by atoms with Crippen molar-refractivity contribution >= 4 is 11.9 Å². The second-order valence-electron chi connectivity index (χ2n) is 5.84. The summed E-state index contributed by atoms with van der Waals surface area (Å²) in [7, 11) is 0. The Morgan fingerprint density at radius 1 is 1.33 bits per heavy atom. The Labute approximate surface area is 124 Å². The van der Waals surface area contributed by atoms with Crippen LogP contribution in [0.5, 0.6) is 5.75 Å². The van der Waals surface area contributed by atoms with Gasteiger partial charge in [-0.2, -0.15) is 0 Å². The third-order valence-corrected chi connectivity index (χ3v) is 3.92. The van der Waals surface area contributed by atoms with Crippen molar-refractivity contribution in [1.82, 2.24) is 5.32 Å². The number of carboxylic acids is 1. The van der Waals surface area contributed by atoms with Crippen LogP contribution in [-0.2, 0) is 9.59 Å². The van der Waals surface area contributed by atoms with Crippen molar-refractivity contribution in [3.63, 3.8) is 0 Å². The van der Waals surface area contributed by atoms with Crippen LogP contribution in [0.15, 0.2) is 24.3 Å². The summed E-state index contributed by atoms with van der Waals surface area (Å²) in [4.78, 5) is 23.6. The molecule has 1 aromatic carbocycles. The molecule has 2 rings (SSSR count). The van der Waals surface area contributed by atoms with Gasteiger partial charge in [0.25, 0.3) is 5.91 Å². The zero-order valence-corrected chi connectivity index (χ0v) is 12.6. The quantitative estimate of drug-likeness (QED) is 0.842. The molecule has 0 radical (unpaired) electrons. The van der Waals surface area contributed by atoms with Crippen LogP contribution in [0.4, 0.5) is 0 Å². The van der Waals surface area contributed by atoms with Gasteiger partial charge in [0.05, 0.1) is 0 Å². The highest BCUT2D eigenvalue weighted by Crippen LogP contribution is 2.39. The lowest BCUT2D eigenvalue weighted by Crippen LogP contribution is -2.56. The fraction of sp³-hybridized carbons (Fsp3) is 0.500. The van der Waals surface area contributed by atoms with E-state index in [1.165, 1.54) is 0 Å². The topological polar surface area (TPSA) is 75.6 Å². The van der Waals surface area contributed by atoms with Crippen LogP contribution in [0.1, 0.15) is 32.3 Å². The highest BCUT2D eigenvalue weighted by Gasteiger charge is 2.49. The van der Waals surface area contributed by atoms with E-state index in [2.05, 4.69) is 5.32 Å². The molecule has 1 amide bonds. The van der Waals surface area contributed by atoms with E-state index in [1.807, 2.05) is 19.1 Å². The molecule has 21 heavy (non-hydrogen) atoms. The number of aryl methyl sites for hydroxylation is 1. The molecule has 1 fully saturated rings. The second-order valence-corrected chi connectivity index (χ2v) is 5.84. The van der Waals surface area contributed by atoms with Gasteiger partial charge in [-0.15, -0.1) is 0 Å². The van der Waals surface area contributed by atoms with E-state index in [4.69, 9.17) is 4.74 Å². The fourth-order valence-electron chi connectivity index (χ4n) is 2.22. The van der Waals surface area contributed by atoms with E-state index < -0.39 is 23.5 Å². The predicted octanol–water partition coefficient (Wildman–Crippen LogP) is 2.13. The van der Waals surface area contributed by atoms with E-state index in [0.717, 1.165) is 18.4 Å². The number of rotatable bonds is 6. The molecule has 2 N–H and O–H groups in total. The molecule has 1 aliphatic rings. The minimum Gasteiger partial charge on any atom is -0.481 e. The van der Waals surface area contributed by atoms with Gasteiger partial charge in [0.2, 0.25) is 0 Å². The first-order valence-electron chi connectivity index (χ1n) is 7.11. The molecule has 5 heteroatoms. The molecule has 0 spiro atoms. The maximum absolute atomic E-state index is 12.2. The van der Waals surface area contributed by atoms with Crippen molar-refractivity contribution in [2.75, 3.05) is 0 Å². The standard InChI is InChI=1S/C16H21NO4/c1-10-4-8-13(9-5-10)21-11(2)14(18)17-16(3,15(19)20)12-6-7-12/h4-5,8-9,11-12H,6-7H2,1-3H3,(H,17,18)(H,19,20). The lowest BCUT2D eigenvalue weighted by atomic mass is 9.95. The van der Waals surface area contributed by atoms with Crippen LogP contribution in [-0.4, -0.2) is 28.6 Å². The summed E-state index contributed by atoms with van der Waals surface area (Å²) in [5, 5.41) is 12.0. The molecule has 114 valence electrons. The lowest BCUT2D eigenvalue weighted by Gasteiger charge is -2.27. The Balaban J connectivity index is 1.98. The Morgan fingerprint density at radius 2 is 1.90 bits per heavy atom. The van der Waals surface area contributed by atoms with Gasteiger partial charge >= 0.3 is 5.97 Å². The lowest BCUT2D eigenvalue weighted by molar-refractivity contribution is -0.149. The van der Waals surface area contributed by atoms with Gasteiger partial charge in [0.1, 0.15) is 11.3 Å². The molecule has 2 unspecified atom stereocenters. The average Bonchev–Trinajstić information content (AvgIpc) is 3.25. The molecule has 0 heterocycles. The Hall–Kier alpha value is -2.04. The molecule has 0 bridgehead atoms. The number of hydrogen-bond acceptors (Lipinski definition) is 3. The number of hydrogen-bond donors (Lipinski definition) is 2. The summed E-state index contributed by atoms with van der Waals surface area (Å²) in [6, 6.07) is 7.36. The van der Waals surface area contributed by atoms with E-state index in [0.29, 0.717) is 5.75 Å². The van der Waals surface area contributed by atoms with Crippen LogP contribution in [0.25, 0.3) is 0 Å². The molecule has 2 atom stereocenters. The zero-order valence-electron chi connectivity index (χ0n) is 12.6. The van der Waals surface area contributed by atoms with Gasteiger partial charge < -0.3 is 15.2 Å². The highest BCUT2D eigenvalue weighted by molar-refractivity contribution is 5.89. The predicted molar refractivity (Wildman–Crippen MR) is 78.2 cm³/mol. The second kappa shape index (κ2) is 5.76. The molecule has 1 saturated carbocycles. The maximum Gasteiger partial charge on any atom is 0.329 e. The van der Waals surface area contributed by atoms with Gasteiger partial charge in [-0.25, -0.2) is 4.79 Å². The average molecular weight is 291 g/mol. The van der Waals surface area contributed by atoms with E-state index in [9.17, 15) is 14.7 Å². The zero-order chi connectivity index (χ0) is 15.6. The first-order valence-corrected chi connectivity index (χ1v) is 7.11. The summed E-state index contributed by atoms with van der Waals surface area (Å²) < 4.78 is 5.55. The maximum atomic E-state index is 12.2. The summed E-state index contributed by atoms with van der Waals surface area (Å²) >= 11 is 0. The van der Waals surface area contributed by atoms with Crippen LogP contribution in [0.3, 0.4) is 0 Å². The number of amides is 1. The molecular weight excluding hydrogens is 270 g/mol. The summed E-state index contributed by atoms with van der Waals surface area (Å²) in [6.45, 7) is 5.14. The van der Waals surface area contributed by atoms with E-state index in [1.54, 1.807) is 26.0 Å². The minimum atomic E-state index is -1.21. The molecule has 5 nitrogen and oxygen atoms in total. The first kappa shape index (κ1) is 15.4. The first-order chi connectivity index (χ1) is 9.83. The van der Waals surface area contributed by atoms with Gasteiger partial charge in [-0.1, -0.05) is 17.7 Å². The van der Waals surface area contributed by atoms with Gasteiger partial charge in [-0.05, 0) is 51.7 Å². The van der Waals surface area contributed by atoms with Gasteiger partial charge in [0.15, 0.2) is 6.10 Å². The van der Waals surface area contributed by atoms with Crippen molar-refractivity contribution in [3.8, 4) is 5.75 Å². The summed E-state index contributed by atoms with van der Waals surface area (Å²) in [6.07, 6.45) is 0.914. The largest absolute Gasteiger partial charge is 0.481 e. The van der Waals surface area contributed by atoms with Crippen LogP contribution in [0, 0.1) is 12.8 Å². The number of benzene rings is 1.